The van der Waals surface area contributed by atoms with Crippen molar-refractivity contribution in [1.82, 2.24) is 0 Å². The summed E-state index contributed by atoms with van der Waals surface area (Å²) < 4.78 is 12.7. The molecule has 3 heteroatoms. The summed E-state index contributed by atoms with van der Waals surface area (Å²) in [5.41, 5.74) is 0.965. The van der Waals surface area contributed by atoms with Crippen LogP contribution in [0.1, 0.15) is 25.7 Å². The van der Waals surface area contributed by atoms with E-state index in [1.807, 2.05) is 0 Å². The van der Waals surface area contributed by atoms with Crippen LogP contribution in [0.5, 0.6) is 0 Å². The van der Waals surface area contributed by atoms with Gasteiger partial charge < -0.3 is 10.4 Å². The minimum atomic E-state index is -0.202. The van der Waals surface area contributed by atoms with Crippen molar-refractivity contribution in [3.63, 3.8) is 0 Å². The number of rotatable bonds is 3. The monoisotopic (exact) mass is 223 g/mol. The van der Waals surface area contributed by atoms with Gasteiger partial charge in [-0.25, -0.2) is 4.39 Å². The Morgan fingerprint density at radius 1 is 1.12 bits per heavy atom. The van der Waals surface area contributed by atoms with E-state index in [1.165, 1.54) is 12.1 Å². The number of benzene rings is 1. The number of halogens is 1. The first kappa shape index (κ1) is 11.4. The third-order valence-electron chi connectivity index (χ3n) is 3.26. The lowest BCUT2D eigenvalue weighted by atomic mass is 9.87. The molecule has 0 bridgehead atoms. The Morgan fingerprint density at radius 3 is 2.38 bits per heavy atom. The van der Waals surface area contributed by atoms with Crippen molar-refractivity contribution in [2.24, 2.45) is 5.92 Å². The van der Waals surface area contributed by atoms with E-state index in [2.05, 4.69) is 5.32 Å². The molecule has 0 atom stereocenters. The Hall–Kier alpha value is -1.09. The third kappa shape index (κ3) is 3.20. The van der Waals surface area contributed by atoms with Gasteiger partial charge in [-0.2, -0.15) is 0 Å². The molecule has 1 aromatic carbocycles. The summed E-state index contributed by atoms with van der Waals surface area (Å²) >= 11 is 0. The van der Waals surface area contributed by atoms with Gasteiger partial charge in [0.25, 0.3) is 0 Å². The maximum absolute atomic E-state index is 12.7. The first-order valence-corrected chi connectivity index (χ1v) is 5.91. The predicted molar refractivity (Wildman–Crippen MR) is 62.9 cm³/mol. The van der Waals surface area contributed by atoms with Crippen LogP contribution in [-0.2, 0) is 0 Å². The maximum Gasteiger partial charge on any atom is 0.123 e. The average molecular weight is 223 g/mol. The highest BCUT2D eigenvalue weighted by Crippen LogP contribution is 2.24. The van der Waals surface area contributed by atoms with Crippen molar-refractivity contribution in [3.05, 3.63) is 30.1 Å². The smallest absolute Gasteiger partial charge is 0.123 e. The van der Waals surface area contributed by atoms with Crippen LogP contribution in [0.2, 0.25) is 0 Å². The molecule has 2 rings (SSSR count). The fourth-order valence-corrected chi connectivity index (χ4v) is 2.18. The second kappa shape index (κ2) is 5.30. The Kier molecular flexibility index (Phi) is 3.78. The fourth-order valence-electron chi connectivity index (χ4n) is 2.18. The highest BCUT2D eigenvalue weighted by Gasteiger charge is 2.18. The quantitative estimate of drug-likeness (QED) is 0.825. The lowest BCUT2D eigenvalue weighted by molar-refractivity contribution is 0.111. The standard InChI is InChI=1S/C13H18FNO/c14-11-3-5-12(6-4-11)15-9-10-1-7-13(16)8-2-10/h3-6,10,13,15-16H,1-2,7-9H2. The number of anilines is 1. The molecule has 88 valence electrons. The van der Waals surface area contributed by atoms with Gasteiger partial charge in [-0.15, -0.1) is 0 Å². The molecular formula is C13H18FNO. The zero-order valence-electron chi connectivity index (χ0n) is 9.32. The minimum Gasteiger partial charge on any atom is -0.393 e. The molecule has 1 fully saturated rings. The van der Waals surface area contributed by atoms with Crippen molar-refractivity contribution in [3.8, 4) is 0 Å². The summed E-state index contributed by atoms with van der Waals surface area (Å²) in [6.45, 7) is 0.915. The van der Waals surface area contributed by atoms with Crippen molar-refractivity contribution < 1.29 is 9.50 Å². The zero-order valence-corrected chi connectivity index (χ0v) is 9.32. The van der Waals surface area contributed by atoms with Gasteiger partial charge in [0, 0.05) is 12.2 Å². The number of hydrogen-bond acceptors (Lipinski definition) is 2. The number of aliphatic hydroxyl groups is 1. The summed E-state index contributed by atoms with van der Waals surface area (Å²) in [7, 11) is 0. The van der Waals surface area contributed by atoms with E-state index in [-0.39, 0.29) is 11.9 Å². The van der Waals surface area contributed by atoms with Crippen LogP contribution in [-0.4, -0.2) is 17.8 Å². The Labute approximate surface area is 95.5 Å². The molecule has 0 amide bonds. The molecule has 1 aromatic rings. The molecule has 16 heavy (non-hydrogen) atoms. The molecule has 1 saturated carbocycles. The van der Waals surface area contributed by atoms with Gasteiger partial charge in [-0.05, 0) is 55.9 Å². The molecule has 0 heterocycles. The van der Waals surface area contributed by atoms with Crippen LogP contribution in [0.4, 0.5) is 10.1 Å². The van der Waals surface area contributed by atoms with Gasteiger partial charge in [-0.1, -0.05) is 0 Å². The molecule has 1 aliphatic carbocycles. The van der Waals surface area contributed by atoms with Gasteiger partial charge in [0.15, 0.2) is 0 Å². The van der Waals surface area contributed by atoms with Crippen molar-refractivity contribution in [1.29, 1.82) is 0 Å². The Balaban J connectivity index is 1.77. The lowest BCUT2D eigenvalue weighted by Crippen LogP contribution is -2.23. The summed E-state index contributed by atoms with van der Waals surface area (Å²) in [4.78, 5) is 0. The fraction of sp³-hybridized carbons (Fsp3) is 0.538. The highest BCUT2D eigenvalue weighted by atomic mass is 19.1. The van der Waals surface area contributed by atoms with E-state index in [1.54, 1.807) is 12.1 Å². The Bertz CT molecular complexity index is 317. The second-order valence-corrected chi connectivity index (χ2v) is 4.56. The summed E-state index contributed by atoms with van der Waals surface area (Å²) in [5, 5.41) is 12.7. The SMILES string of the molecule is OC1CCC(CNc2ccc(F)cc2)CC1. The first-order valence-electron chi connectivity index (χ1n) is 5.91. The largest absolute Gasteiger partial charge is 0.393 e. The number of hydrogen-bond donors (Lipinski definition) is 2. The van der Waals surface area contributed by atoms with Crippen molar-refractivity contribution in [2.75, 3.05) is 11.9 Å². The van der Waals surface area contributed by atoms with E-state index in [0.717, 1.165) is 37.9 Å². The van der Waals surface area contributed by atoms with E-state index >= 15 is 0 Å². The van der Waals surface area contributed by atoms with Crippen LogP contribution in [0.15, 0.2) is 24.3 Å². The minimum absolute atomic E-state index is 0.0953. The molecule has 0 unspecified atom stereocenters. The van der Waals surface area contributed by atoms with E-state index < -0.39 is 0 Å². The normalized spacial score (nSPS) is 25.4. The summed E-state index contributed by atoms with van der Waals surface area (Å²) in [5.74, 6) is 0.430. The van der Waals surface area contributed by atoms with Gasteiger partial charge >= 0.3 is 0 Å². The van der Waals surface area contributed by atoms with Gasteiger partial charge in [0.2, 0.25) is 0 Å². The summed E-state index contributed by atoms with van der Waals surface area (Å²) in [6, 6.07) is 6.44. The van der Waals surface area contributed by atoms with E-state index in [0.29, 0.717) is 5.92 Å². The number of nitrogens with one attached hydrogen (secondary N) is 1. The van der Waals surface area contributed by atoms with Crippen LogP contribution < -0.4 is 5.32 Å². The van der Waals surface area contributed by atoms with Crippen LogP contribution in [0, 0.1) is 11.7 Å². The average Bonchev–Trinajstić information content (AvgIpc) is 2.30. The predicted octanol–water partition coefficient (Wildman–Crippen LogP) is 2.79. The van der Waals surface area contributed by atoms with Gasteiger partial charge in [-0.3, -0.25) is 0 Å². The molecular weight excluding hydrogens is 205 g/mol. The van der Waals surface area contributed by atoms with Crippen LogP contribution in [0.25, 0.3) is 0 Å². The van der Waals surface area contributed by atoms with E-state index in [4.69, 9.17) is 0 Å². The van der Waals surface area contributed by atoms with Gasteiger partial charge in [0.1, 0.15) is 5.82 Å². The van der Waals surface area contributed by atoms with Crippen molar-refractivity contribution >= 4 is 5.69 Å². The summed E-state index contributed by atoms with van der Waals surface area (Å²) in [6.07, 6.45) is 3.89. The second-order valence-electron chi connectivity index (χ2n) is 4.56. The molecule has 2 nitrogen and oxygen atoms in total. The zero-order chi connectivity index (χ0) is 11.4. The highest BCUT2D eigenvalue weighted by molar-refractivity contribution is 5.42. The molecule has 0 saturated heterocycles. The molecule has 2 N–H and O–H groups in total. The van der Waals surface area contributed by atoms with E-state index in [9.17, 15) is 9.50 Å². The van der Waals surface area contributed by atoms with Gasteiger partial charge in [0.05, 0.1) is 6.10 Å². The molecule has 0 aliphatic heterocycles. The third-order valence-corrected chi connectivity index (χ3v) is 3.26. The lowest BCUT2D eigenvalue weighted by Gasteiger charge is -2.25. The Morgan fingerprint density at radius 2 is 1.75 bits per heavy atom. The first-order chi connectivity index (χ1) is 7.74. The maximum atomic E-state index is 12.7. The van der Waals surface area contributed by atoms with Crippen LogP contribution in [0.3, 0.4) is 0 Å². The molecule has 0 spiro atoms. The van der Waals surface area contributed by atoms with Crippen molar-refractivity contribution in [2.45, 2.75) is 31.8 Å². The van der Waals surface area contributed by atoms with Crippen LogP contribution >= 0.6 is 0 Å². The molecule has 1 aliphatic rings. The molecule has 0 aromatic heterocycles. The molecule has 0 radical (unpaired) electrons. The topological polar surface area (TPSA) is 32.3 Å². The number of aliphatic hydroxyl groups excluding tert-OH is 1.